The maximum Gasteiger partial charge on any atom is 0.270 e. The normalized spacial score (nSPS) is 23.4. The van der Waals surface area contributed by atoms with E-state index in [2.05, 4.69) is 5.32 Å². The molecule has 2 atom stereocenters. The average Bonchev–Trinajstić information content (AvgIpc) is 2.47. The minimum absolute atomic E-state index is 0.0606. The molecule has 0 aromatic heterocycles. The molecule has 1 aromatic rings. The number of carbonyl (C=O) groups excluding carboxylic acids is 1. The van der Waals surface area contributed by atoms with E-state index >= 15 is 0 Å². The number of carbonyl (C=O) groups is 1. The molecular weight excluding hydrogens is 308 g/mol. The first-order valence-corrected chi connectivity index (χ1v) is 6.97. The minimum Gasteiger partial charge on any atom is -0.477 e. The summed E-state index contributed by atoms with van der Waals surface area (Å²) in [6, 6.07) is 4.15. The molecule has 2 unspecified atom stereocenters. The van der Waals surface area contributed by atoms with Gasteiger partial charge < -0.3 is 14.8 Å². The highest BCUT2D eigenvalue weighted by Crippen LogP contribution is 2.40. The van der Waals surface area contributed by atoms with Crippen LogP contribution in [0.1, 0.15) is 18.4 Å². The zero-order valence-corrected chi connectivity index (χ0v) is 13.2. The number of nitrogens with one attached hydrogen (secondary N) is 1. The number of nitro benzene ring substituents is 1. The average molecular weight is 324 g/mol. The van der Waals surface area contributed by atoms with Crippen LogP contribution in [0.25, 0.3) is 0 Å². The Bertz CT molecular complexity index is 648. The van der Waals surface area contributed by atoms with Crippen molar-refractivity contribution < 1.29 is 19.2 Å². The molecule has 0 saturated carbocycles. The molecule has 118 valence electrons. The Kier molecular flexibility index (Phi) is 4.43. The van der Waals surface area contributed by atoms with Crippen molar-refractivity contribution in [3.8, 4) is 5.75 Å². The zero-order chi connectivity index (χ0) is 16.5. The monoisotopic (exact) mass is 324 g/mol. The van der Waals surface area contributed by atoms with Gasteiger partial charge in [-0.1, -0.05) is 12.2 Å². The quantitative estimate of drug-likeness (QED) is 0.511. The highest BCUT2D eigenvalue weighted by atomic mass is 32.1. The van der Waals surface area contributed by atoms with E-state index in [0.29, 0.717) is 11.3 Å². The van der Waals surface area contributed by atoms with Crippen molar-refractivity contribution in [2.24, 2.45) is 0 Å². The van der Waals surface area contributed by atoms with Crippen LogP contribution in [0.4, 0.5) is 5.69 Å². The molecule has 7 nitrogen and oxygen atoms in total. The van der Waals surface area contributed by atoms with E-state index in [0.717, 1.165) is 0 Å². The number of ether oxygens (including phenoxy) is 2. The standard InChI is InChI=1S/C14H16N2O5S/c1-14(7-20-3)12(17)11(13(22)15-2)9-6-8(16(18)19)4-5-10(9)21-14/h4-6,11H,7H2,1-3H3,(H,15,22). The number of methoxy groups -OCH3 is 1. The van der Waals surface area contributed by atoms with Crippen molar-refractivity contribution in [3.05, 3.63) is 33.9 Å². The lowest BCUT2D eigenvalue weighted by Crippen LogP contribution is -2.53. The third-order valence-electron chi connectivity index (χ3n) is 3.56. The third-order valence-corrected chi connectivity index (χ3v) is 4.00. The second-order valence-corrected chi connectivity index (χ2v) is 5.60. The van der Waals surface area contributed by atoms with Gasteiger partial charge in [0.1, 0.15) is 11.7 Å². The van der Waals surface area contributed by atoms with Gasteiger partial charge in [-0.15, -0.1) is 0 Å². The largest absolute Gasteiger partial charge is 0.477 e. The molecule has 0 aliphatic carbocycles. The highest BCUT2D eigenvalue weighted by molar-refractivity contribution is 7.80. The second-order valence-electron chi connectivity index (χ2n) is 5.16. The number of thiocarbonyl (C=S) groups is 1. The Morgan fingerprint density at radius 2 is 2.27 bits per heavy atom. The summed E-state index contributed by atoms with van der Waals surface area (Å²) in [6.45, 7) is 1.68. The summed E-state index contributed by atoms with van der Waals surface area (Å²) >= 11 is 5.23. The van der Waals surface area contributed by atoms with E-state index in [1.165, 1.54) is 25.3 Å². The van der Waals surface area contributed by atoms with Gasteiger partial charge in [-0.2, -0.15) is 0 Å². The van der Waals surface area contributed by atoms with Gasteiger partial charge in [-0.05, 0) is 13.0 Å². The fourth-order valence-corrected chi connectivity index (χ4v) is 2.72. The van der Waals surface area contributed by atoms with Crippen LogP contribution in [-0.4, -0.2) is 42.1 Å². The number of fused-ring (bicyclic) bond motifs is 1. The van der Waals surface area contributed by atoms with Crippen LogP contribution in [-0.2, 0) is 9.53 Å². The molecule has 0 bridgehead atoms. The van der Waals surface area contributed by atoms with Crippen molar-refractivity contribution in [3.63, 3.8) is 0 Å². The number of hydrogen-bond donors (Lipinski definition) is 1. The van der Waals surface area contributed by atoms with Crippen LogP contribution in [0.3, 0.4) is 0 Å². The number of non-ortho nitro benzene ring substituents is 1. The lowest BCUT2D eigenvalue weighted by molar-refractivity contribution is -0.385. The first kappa shape index (κ1) is 16.3. The predicted molar refractivity (Wildman–Crippen MR) is 83.4 cm³/mol. The molecular formula is C14H16N2O5S. The number of nitrogens with zero attached hydrogens (tertiary/aromatic N) is 1. The van der Waals surface area contributed by atoms with Crippen LogP contribution in [0.2, 0.25) is 0 Å². The lowest BCUT2D eigenvalue weighted by atomic mass is 9.82. The maximum absolute atomic E-state index is 12.8. The molecule has 1 aliphatic rings. The van der Waals surface area contributed by atoms with Crippen LogP contribution in [0.15, 0.2) is 18.2 Å². The SMILES string of the molecule is CNC(=S)C1C(=O)C(C)(COC)Oc2ccc([N+](=O)[O-])cc21. The number of ketones is 1. The predicted octanol–water partition coefficient (Wildman–Crippen LogP) is 1.59. The Morgan fingerprint density at radius 3 is 2.82 bits per heavy atom. The molecule has 0 radical (unpaired) electrons. The molecule has 0 fully saturated rings. The van der Waals surface area contributed by atoms with Crippen LogP contribution in [0, 0.1) is 10.1 Å². The molecule has 1 N–H and O–H groups in total. The van der Waals surface area contributed by atoms with Crippen molar-refractivity contribution in [1.82, 2.24) is 5.32 Å². The molecule has 0 amide bonds. The van der Waals surface area contributed by atoms with Crippen molar-refractivity contribution in [2.45, 2.75) is 18.4 Å². The van der Waals surface area contributed by atoms with E-state index in [1.807, 2.05) is 0 Å². The molecule has 1 aromatic carbocycles. The number of likely N-dealkylation sites (N-methyl/N-ethyl adjacent to an activating group) is 1. The summed E-state index contributed by atoms with van der Waals surface area (Å²) in [4.78, 5) is 23.5. The molecule has 2 rings (SSSR count). The summed E-state index contributed by atoms with van der Waals surface area (Å²) in [5, 5.41) is 13.7. The van der Waals surface area contributed by atoms with Gasteiger partial charge in [0.05, 0.1) is 16.5 Å². The Labute approximate surface area is 132 Å². The summed E-state index contributed by atoms with van der Waals surface area (Å²) < 4.78 is 10.8. The van der Waals surface area contributed by atoms with Gasteiger partial charge in [0.15, 0.2) is 11.4 Å². The first-order valence-electron chi connectivity index (χ1n) is 6.56. The fourth-order valence-electron chi connectivity index (χ4n) is 2.49. The van der Waals surface area contributed by atoms with E-state index in [-0.39, 0.29) is 23.1 Å². The fraction of sp³-hybridized carbons (Fsp3) is 0.429. The van der Waals surface area contributed by atoms with Crippen LogP contribution in [0.5, 0.6) is 5.75 Å². The molecule has 22 heavy (non-hydrogen) atoms. The van der Waals surface area contributed by atoms with Gasteiger partial charge in [0.25, 0.3) is 5.69 Å². The molecule has 1 heterocycles. The number of rotatable bonds is 4. The summed E-state index contributed by atoms with van der Waals surface area (Å²) in [5.74, 6) is -0.696. The number of nitro groups is 1. The van der Waals surface area contributed by atoms with E-state index in [4.69, 9.17) is 21.7 Å². The van der Waals surface area contributed by atoms with Crippen LogP contribution >= 0.6 is 12.2 Å². The van der Waals surface area contributed by atoms with Gasteiger partial charge in [0, 0.05) is 31.9 Å². The smallest absolute Gasteiger partial charge is 0.270 e. The van der Waals surface area contributed by atoms with Gasteiger partial charge in [-0.25, -0.2) is 0 Å². The Hall–Kier alpha value is -2.06. The van der Waals surface area contributed by atoms with Crippen LogP contribution < -0.4 is 10.1 Å². The summed E-state index contributed by atoms with van der Waals surface area (Å²) in [5.41, 5.74) is -0.912. The maximum atomic E-state index is 12.8. The van der Waals surface area contributed by atoms with Crippen molar-refractivity contribution in [1.29, 1.82) is 0 Å². The van der Waals surface area contributed by atoms with Gasteiger partial charge >= 0.3 is 0 Å². The number of benzene rings is 1. The van der Waals surface area contributed by atoms with Crippen molar-refractivity contribution >= 4 is 28.7 Å². The third kappa shape index (κ3) is 2.67. The molecule has 8 heteroatoms. The topological polar surface area (TPSA) is 90.7 Å². The molecule has 0 spiro atoms. The second kappa shape index (κ2) is 5.98. The molecule has 0 saturated heterocycles. The van der Waals surface area contributed by atoms with Gasteiger partial charge in [0.2, 0.25) is 0 Å². The summed E-state index contributed by atoms with van der Waals surface area (Å²) in [7, 11) is 3.08. The Morgan fingerprint density at radius 1 is 1.59 bits per heavy atom. The molecule has 1 aliphatic heterocycles. The van der Waals surface area contributed by atoms with E-state index < -0.39 is 16.4 Å². The Balaban J connectivity index is 2.60. The lowest BCUT2D eigenvalue weighted by Gasteiger charge is -2.37. The van der Waals surface area contributed by atoms with E-state index in [9.17, 15) is 14.9 Å². The zero-order valence-electron chi connectivity index (χ0n) is 12.4. The first-order chi connectivity index (χ1) is 10.3. The summed E-state index contributed by atoms with van der Waals surface area (Å²) in [6.07, 6.45) is 0. The van der Waals surface area contributed by atoms with Gasteiger partial charge in [-0.3, -0.25) is 14.9 Å². The minimum atomic E-state index is -1.19. The van der Waals surface area contributed by atoms with Crippen molar-refractivity contribution in [2.75, 3.05) is 20.8 Å². The highest BCUT2D eigenvalue weighted by Gasteiger charge is 2.48. The van der Waals surface area contributed by atoms with E-state index in [1.54, 1.807) is 14.0 Å². The number of hydrogen-bond acceptors (Lipinski definition) is 6. The number of Topliss-reactive ketones (excluding diaryl/α,β-unsaturated/α-hetero) is 1.